The Hall–Kier alpha value is -4.21. The molecule has 10 heteroatoms. The van der Waals surface area contributed by atoms with Crippen molar-refractivity contribution >= 4 is 62.3 Å². The van der Waals surface area contributed by atoms with Crippen LogP contribution in [0.25, 0.3) is 17.0 Å². The van der Waals surface area contributed by atoms with Gasteiger partial charge in [0.15, 0.2) is 5.84 Å². The minimum absolute atomic E-state index is 0.00337. The molecule has 2 aromatic heterocycles. The van der Waals surface area contributed by atoms with Gasteiger partial charge in [0.05, 0.1) is 17.2 Å². The Balaban J connectivity index is 1.24. The minimum Gasteiger partial charge on any atom is -0.492 e. The molecule has 2 aromatic carbocycles. The molecule has 4 aromatic rings. The highest BCUT2D eigenvalue weighted by Gasteiger charge is 2.36. The number of carbonyl (C=O) groups is 1. The Morgan fingerprint density at radius 3 is 2.76 bits per heavy atom. The van der Waals surface area contributed by atoms with Crippen molar-refractivity contribution < 1.29 is 9.53 Å². The quantitative estimate of drug-likeness (QED) is 0.235. The van der Waals surface area contributed by atoms with Crippen molar-refractivity contribution in [3.63, 3.8) is 0 Å². The second-order valence-electron chi connectivity index (χ2n) is 8.59. The number of amidine groups is 2. The number of fused-ring (bicyclic) bond motifs is 2. The third-order valence-electron chi connectivity index (χ3n) is 6.12. The first-order valence-corrected chi connectivity index (χ1v) is 13.1. The van der Waals surface area contributed by atoms with Gasteiger partial charge in [-0.15, -0.1) is 0 Å². The lowest BCUT2D eigenvalue weighted by Gasteiger charge is -2.20. The van der Waals surface area contributed by atoms with Crippen LogP contribution < -0.4 is 4.74 Å². The average Bonchev–Trinajstić information content (AvgIpc) is 3.52. The molecule has 0 saturated carbocycles. The second kappa shape index (κ2) is 10.3. The molecule has 0 unspecified atom stereocenters. The van der Waals surface area contributed by atoms with E-state index in [2.05, 4.69) is 19.6 Å². The van der Waals surface area contributed by atoms with Gasteiger partial charge in [-0.05, 0) is 54.6 Å². The summed E-state index contributed by atoms with van der Waals surface area (Å²) in [4.78, 5) is 21.3. The van der Waals surface area contributed by atoms with E-state index in [0.29, 0.717) is 34.1 Å². The molecule has 4 heterocycles. The van der Waals surface area contributed by atoms with Crippen molar-refractivity contribution in [2.45, 2.75) is 13.0 Å². The molecule has 0 saturated heterocycles. The van der Waals surface area contributed by atoms with E-state index in [9.17, 15) is 4.79 Å². The van der Waals surface area contributed by atoms with Crippen LogP contribution in [0.5, 0.6) is 5.75 Å². The Morgan fingerprint density at radius 1 is 1.08 bits per heavy atom. The van der Waals surface area contributed by atoms with Crippen molar-refractivity contribution in [3.05, 3.63) is 101 Å². The zero-order valence-corrected chi connectivity index (χ0v) is 21.6. The number of carbonyl (C=O) groups excluding carboxylic acids is 1. The highest BCUT2D eigenvalue weighted by atomic mass is 35.5. The summed E-state index contributed by atoms with van der Waals surface area (Å²) in [6, 6.07) is 19.1. The van der Waals surface area contributed by atoms with Gasteiger partial charge in [-0.25, -0.2) is 0 Å². The summed E-state index contributed by atoms with van der Waals surface area (Å²) in [5.74, 6) is 0.207. The van der Waals surface area contributed by atoms with Gasteiger partial charge in [0, 0.05) is 47.2 Å². The third-order valence-corrected chi connectivity index (χ3v) is 7.39. The Kier molecular flexibility index (Phi) is 6.53. The van der Waals surface area contributed by atoms with E-state index in [4.69, 9.17) is 21.7 Å². The summed E-state index contributed by atoms with van der Waals surface area (Å²) in [6.45, 7) is 1.22. The molecule has 0 radical (unpaired) electrons. The zero-order chi connectivity index (χ0) is 26.1. The molecular formula is C28H21ClN6O2S. The lowest BCUT2D eigenvalue weighted by molar-refractivity contribution is -0.114. The van der Waals surface area contributed by atoms with Gasteiger partial charge in [-0.2, -0.15) is 15.1 Å². The van der Waals surface area contributed by atoms with E-state index in [-0.39, 0.29) is 11.4 Å². The van der Waals surface area contributed by atoms with E-state index in [1.165, 1.54) is 16.8 Å². The van der Waals surface area contributed by atoms with Crippen LogP contribution in [0.1, 0.15) is 17.5 Å². The highest BCUT2D eigenvalue weighted by molar-refractivity contribution is 8.27. The molecule has 0 atom stereocenters. The molecular weight excluding hydrogens is 520 g/mol. The van der Waals surface area contributed by atoms with Gasteiger partial charge >= 0.3 is 0 Å². The number of aromatic nitrogens is 2. The number of benzene rings is 2. The first-order valence-electron chi connectivity index (χ1n) is 11.9. The third kappa shape index (κ3) is 4.62. The monoisotopic (exact) mass is 540 g/mol. The van der Waals surface area contributed by atoms with E-state index < -0.39 is 5.91 Å². The highest BCUT2D eigenvalue weighted by Crippen LogP contribution is 2.32. The zero-order valence-electron chi connectivity index (χ0n) is 20.0. The molecule has 2 aliphatic heterocycles. The maximum absolute atomic E-state index is 13.0. The molecule has 188 valence electrons. The number of hydrogen-bond acceptors (Lipinski definition) is 6. The van der Waals surface area contributed by atoms with E-state index in [1.807, 2.05) is 60.8 Å². The molecule has 6 rings (SSSR count). The largest absolute Gasteiger partial charge is 0.492 e. The van der Waals surface area contributed by atoms with Crippen LogP contribution in [0, 0.1) is 5.41 Å². The molecule has 1 amide bonds. The van der Waals surface area contributed by atoms with Crippen molar-refractivity contribution in [2.75, 3.05) is 6.61 Å². The van der Waals surface area contributed by atoms with Gasteiger partial charge in [0.2, 0.25) is 5.17 Å². The van der Waals surface area contributed by atoms with Crippen molar-refractivity contribution in [3.8, 4) is 5.75 Å². The first-order chi connectivity index (χ1) is 18.6. The summed E-state index contributed by atoms with van der Waals surface area (Å²) in [5.41, 5.74) is 2.87. The average molecular weight is 541 g/mol. The summed E-state index contributed by atoms with van der Waals surface area (Å²) in [6.07, 6.45) is 7.87. The van der Waals surface area contributed by atoms with Crippen molar-refractivity contribution in [1.82, 2.24) is 14.6 Å². The number of pyridine rings is 1. The number of halogens is 1. The summed E-state index contributed by atoms with van der Waals surface area (Å²) in [7, 11) is 0. The lowest BCUT2D eigenvalue weighted by Crippen LogP contribution is -2.35. The van der Waals surface area contributed by atoms with Gasteiger partial charge in [0.1, 0.15) is 10.8 Å². The van der Waals surface area contributed by atoms with Crippen molar-refractivity contribution in [2.24, 2.45) is 10.1 Å². The predicted octanol–water partition coefficient (Wildman–Crippen LogP) is 5.83. The number of hydrogen-bond donors (Lipinski definition) is 1. The molecule has 0 spiro atoms. The number of amides is 1. The van der Waals surface area contributed by atoms with Crippen LogP contribution in [-0.2, 0) is 11.3 Å². The summed E-state index contributed by atoms with van der Waals surface area (Å²) < 4.78 is 7.97. The number of nitrogens with one attached hydrogen (secondary N) is 1. The maximum Gasteiger partial charge on any atom is 0.283 e. The van der Waals surface area contributed by atoms with E-state index in [1.54, 1.807) is 24.5 Å². The number of thioether (sulfide) groups is 1. The summed E-state index contributed by atoms with van der Waals surface area (Å²) in [5, 5.41) is 17.3. The molecule has 8 nitrogen and oxygen atoms in total. The second-order valence-corrected chi connectivity index (χ2v) is 9.96. The van der Waals surface area contributed by atoms with E-state index >= 15 is 0 Å². The fraction of sp³-hybridized carbons (Fsp3) is 0.107. The lowest BCUT2D eigenvalue weighted by atomic mass is 10.1. The van der Waals surface area contributed by atoms with Crippen LogP contribution >= 0.6 is 23.4 Å². The topological polar surface area (TPSA) is 95.9 Å². The van der Waals surface area contributed by atoms with Gasteiger partial charge in [-0.3, -0.25) is 15.2 Å². The van der Waals surface area contributed by atoms with Crippen molar-refractivity contribution in [1.29, 1.82) is 5.41 Å². The van der Waals surface area contributed by atoms with Crippen LogP contribution in [0.3, 0.4) is 0 Å². The molecule has 2 aliphatic rings. The normalized spacial score (nSPS) is 16.1. The number of hydrazone groups is 1. The number of para-hydroxylation sites is 2. The molecule has 0 bridgehead atoms. The van der Waals surface area contributed by atoms with Gasteiger partial charge in [-0.1, -0.05) is 41.9 Å². The fourth-order valence-electron chi connectivity index (χ4n) is 4.31. The van der Waals surface area contributed by atoms with Gasteiger partial charge < -0.3 is 9.30 Å². The van der Waals surface area contributed by atoms with Gasteiger partial charge in [0.25, 0.3) is 5.91 Å². The number of nitrogens with zero attached hydrogens (tertiary/aromatic N) is 5. The number of ether oxygens (including phenoxy) is 1. The smallest absolute Gasteiger partial charge is 0.283 e. The van der Waals surface area contributed by atoms with Crippen LogP contribution in [-0.4, -0.2) is 43.1 Å². The number of rotatable bonds is 7. The maximum atomic E-state index is 13.0. The Morgan fingerprint density at radius 2 is 1.92 bits per heavy atom. The van der Waals surface area contributed by atoms with E-state index in [0.717, 1.165) is 28.5 Å². The fourth-order valence-corrected chi connectivity index (χ4v) is 5.38. The predicted molar refractivity (Wildman–Crippen MR) is 152 cm³/mol. The summed E-state index contributed by atoms with van der Waals surface area (Å²) >= 11 is 7.44. The Labute approximate surface area is 227 Å². The standard InChI is InChI=1S/C28H21ClN6O2S/c29-22-9-2-4-11-24(22)37-14-6-13-34-17-19(20-8-1-3-10-23(20)34)15-21-25(30)35-28(32-26(21)36)38-27(33-35)18-7-5-12-31-16-18/h1-5,7-12,15-17,30H,6,13-14H2/b21-15-,30-25?. The number of aryl methyl sites for hydroxylation is 1. The minimum atomic E-state index is -0.457. The molecule has 38 heavy (non-hydrogen) atoms. The first kappa shape index (κ1) is 24.1. The van der Waals surface area contributed by atoms with Crippen LogP contribution in [0.15, 0.2) is 94.9 Å². The SMILES string of the molecule is N=C1/C(=C/c2cn(CCCOc3ccccc3Cl)c3ccccc23)C(=O)N=C2SC(c3cccnc3)=NN12. The molecule has 0 aliphatic carbocycles. The molecule has 1 N–H and O–H groups in total. The molecule has 0 fully saturated rings. The number of aliphatic imine (C=N–C) groups is 1. The van der Waals surface area contributed by atoms with Crippen LogP contribution in [0.4, 0.5) is 0 Å². The Bertz CT molecular complexity index is 1660. The van der Waals surface area contributed by atoms with Crippen LogP contribution in [0.2, 0.25) is 5.02 Å².